The summed E-state index contributed by atoms with van der Waals surface area (Å²) in [6.07, 6.45) is -0.360. The van der Waals surface area contributed by atoms with Crippen LogP contribution >= 0.6 is 11.8 Å². The maximum Gasteiger partial charge on any atom is 0.573 e. The normalized spacial score (nSPS) is 14.3. The number of amidine groups is 1. The van der Waals surface area contributed by atoms with Crippen LogP contribution in [0, 0.1) is 6.92 Å². The standard InChI is InChI=1S/C31H29F3N6O3S/c1-3-4-22-9-5-20(2)17-26(22)40-28(41)18-44-30(40)37-29(42)36-23-10-6-21(7-11-23)8-16-27-35-19-39(38-27)24-12-14-25(15-13-24)43-31(32,33)34/h5-7,9-15,17,19H,3-4,8,16,18H2,1-2H3,(H,36,42). The van der Waals surface area contributed by atoms with Gasteiger partial charge in [-0.15, -0.1) is 13.2 Å². The molecular weight excluding hydrogens is 593 g/mol. The van der Waals surface area contributed by atoms with Crippen LogP contribution in [0.2, 0.25) is 0 Å². The first-order valence-electron chi connectivity index (χ1n) is 13.9. The number of nitrogens with one attached hydrogen (secondary N) is 1. The lowest BCUT2D eigenvalue weighted by molar-refractivity contribution is -0.274. The van der Waals surface area contributed by atoms with E-state index in [4.69, 9.17) is 0 Å². The van der Waals surface area contributed by atoms with E-state index in [-0.39, 0.29) is 17.4 Å². The third-order valence-corrected chi connectivity index (χ3v) is 7.60. The van der Waals surface area contributed by atoms with E-state index in [9.17, 15) is 22.8 Å². The summed E-state index contributed by atoms with van der Waals surface area (Å²) < 4.78 is 42.5. The number of nitrogens with zero attached hydrogens (tertiary/aromatic N) is 5. The molecule has 0 bridgehead atoms. The molecule has 228 valence electrons. The van der Waals surface area contributed by atoms with Gasteiger partial charge in [0.2, 0.25) is 5.91 Å². The number of ether oxygens (including phenoxy) is 1. The van der Waals surface area contributed by atoms with E-state index in [0.717, 1.165) is 35.2 Å². The molecule has 0 atom stereocenters. The molecule has 1 aromatic heterocycles. The molecule has 1 saturated heterocycles. The van der Waals surface area contributed by atoms with Crippen molar-refractivity contribution in [2.45, 2.75) is 45.9 Å². The van der Waals surface area contributed by atoms with Gasteiger partial charge in [0, 0.05) is 12.1 Å². The summed E-state index contributed by atoms with van der Waals surface area (Å²) in [5.41, 5.74) is 4.92. The average molecular weight is 623 g/mol. The van der Waals surface area contributed by atoms with E-state index in [1.54, 1.807) is 12.1 Å². The molecule has 0 saturated carbocycles. The third-order valence-electron chi connectivity index (χ3n) is 6.68. The lowest BCUT2D eigenvalue weighted by atomic mass is 10.0. The van der Waals surface area contributed by atoms with E-state index >= 15 is 0 Å². The molecule has 1 N–H and O–H groups in total. The van der Waals surface area contributed by atoms with Gasteiger partial charge in [0.1, 0.15) is 12.1 Å². The Balaban J connectivity index is 1.17. The largest absolute Gasteiger partial charge is 0.573 e. The van der Waals surface area contributed by atoms with Crippen LogP contribution in [-0.4, -0.2) is 44.0 Å². The Morgan fingerprint density at radius 3 is 2.50 bits per heavy atom. The van der Waals surface area contributed by atoms with Crippen molar-refractivity contribution in [3.8, 4) is 11.4 Å². The molecule has 5 rings (SSSR count). The zero-order valence-electron chi connectivity index (χ0n) is 24.0. The summed E-state index contributed by atoms with van der Waals surface area (Å²) in [5.74, 6) is 0.363. The minimum absolute atomic E-state index is 0.110. The fourth-order valence-electron chi connectivity index (χ4n) is 4.63. The smallest absolute Gasteiger partial charge is 0.406 e. The Labute approximate surface area is 256 Å². The first-order chi connectivity index (χ1) is 21.1. The molecule has 3 amide bonds. The van der Waals surface area contributed by atoms with Crippen LogP contribution in [-0.2, 0) is 24.1 Å². The summed E-state index contributed by atoms with van der Waals surface area (Å²) in [6.45, 7) is 4.04. The topological polar surface area (TPSA) is 102 Å². The molecule has 4 aromatic rings. The number of benzene rings is 3. The summed E-state index contributed by atoms with van der Waals surface area (Å²) >= 11 is 1.24. The van der Waals surface area contributed by atoms with Crippen LogP contribution in [0.15, 0.2) is 78.0 Å². The van der Waals surface area contributed by atoms with Crippen molar-refractivity contribution < 1.29 is 27.5 Å². The second-order valence-corrected chi connectivity index (χ2v) is 11.0. The summed E-state index contributed by atoms with van der Waals surface area (Å²) in [4.78, 5) is 35.6. The summed E-state index contributed by atoms with van der Waals surface area (Å²) in [6, 6.07) is 18.1. The van der Waals surface area contributed by atoms with Crippen molar-refractivity contribution in [3.05, 3.63) is 95.6 Å². The molecule has 2 heterocycles. The third kappa shape index (κ3) is 7.84. The predicted octanol–water partition coefficient (Wildman–Crippen LogP) is 6.88. The SMILES string of the molecule is CCCc1ccc(C)cc1N1C(=O)CSC1=NC(=O)Nc1ccc(CCc2ncn(-c3ccc(OC(F)(F)F)cc3)n2)cc1. The summed E-state index contributed by atoms with van der Waals surface area (Å²) in [7, 11) is 0. The number of hydrogen-bond acceptors (Lipinski definition) is 6. The fraction of sp³-hybridized carbons (Fsp3) is 0.258. The van der Waals surface area contributed by atoms with Gasteiger partial charge in [-0.05, 0) is 78.9 Å². The number of carbonyl (C=O) groups excluding carboxylic acids is 2. The highest BCUT2D eigenvalue weighted by atomic mass is 32.2. The van der Waals surface area contributed by atoms with Crippen LogP contribution in [0.25, 0.3) is 5.69 Å². The molecule has 44 heavy (non-hydrogen) atoms. The zero-order valence-corrected chi connectivity index (χ0v) is 24.8. The van der Waals surface area contributed by atoms with Gasteiger partial charge in [-0.2, -0.15) is 10.1 Å². The van der Waals surface area contributed by atoms with Crippen LogP contribution in [0.3, 0.4) is 0 Å². The Morgan fingerprint density at radius 1 is 1.05 bits per heavy atom. The average Bonchev–Trinajstić information content (AvgIpc) is 3.60. The number of amides is 3. The number of halogens is 3. The highest BCUT2D eigenvalue weighted by Gasteiger charge is 2.32. The van der Waals surface area contributed by atoms with Crippen LogP contribution < -0.4 is 15.0 Å². The van der Waals surface area contributed by atoms with E-state index < -0.39 is 12.4 Å². The number of rotatable bonds is 9. The predicted molar refractivity (Wildman–Crippen MR) is 163 cm³/mol. The quantitative estimate of drug-likeness (QED) is 0.218. The number of alkyl halides is 3. The Morgan fingerprint density at radius 2 is 1.80 bits per heavy atom. The lowest BCUT2D eigenvalue weighted by Crippen LogP contribution is -2.31. The minimum atomic E-state index is -4.75. The molecule has 0 spiro atoms. The maximum atomic E-state index is 12.8. The van der Waals surface area contributed by atoms with Gasteiger partial charge in [0.05, 0.1) is 17.1 Å². The Bertz CT molecular complexity index is 1670. The highest BCUT2D eigenvalue weighted by Crippen LogP contribution is 2.31. The van der Waals surface area contributed by atoms with Crippen molar-refractivity contribution in [2.24, 2.45) is 4.99 Å². The van der Waals surface area contributed by atoms with Crippen LogP contribution in [0.5, 0.6) is 5.75 Å². The van der Waals surface area contributed by atoms with E-state index in [0.29, 0.717) is 35.2 Å². The van der Waals surface area contributed by atoms with Crippen molar-refractivity contribution in [1.29, 1.82) is 0 Å². The van der Waals surface area contributed by atoms with Gasteiger partial charge < -0.3 is 10.1 Å². The molecule has 1 aliphatic heterocycles. The minimum Gasteiger partial charge on any atom is -0.406 e. The van der Waals surface area contributed by atoms with E-state index in [2.05, 4.69) is 32.1 Å². The molecule has 9 nitrogen and oxygen atoms in total. The monoisotopic (exact) mass is 622 g/mol. The molecule has 1 aliphatic rings. The number of anilines is 2. The first-order valence-corrected chi connectivity index (χ1v) is 14.9. The molecular formula is C31H29F3N6O3S. The summed E-state index contributed by atoms with van der Waals surface area (Å²) in [5, 5.41) is 7.52. The van der Waals surface area contributed by atoms with Crippen molar-refractivity contribution in [3.63, 3.8) is 0 Å². The zero-order chi connectivity index (χ0) is 31.3. The lowest BCUT2D eigenvalue weighted by Gasteiger charge is -2.20. The van der Waals surface area contributed by atoms with Gasteiger partial charge in [-0.3, -0.25) is 9.69 Å². The maximum absolute atomic E-state index is 12.8. The van der Waals surface area contributed by atoms with Crippen LogP contribution in [0.1, 0.15) is 35.9 Å². The van der Waals surface area contributed by atoms with Crippen LogP contribution in [0.4, 0.5) is 29.3 Å². The second kappa shape index (κ2) is 13.3. The second-order valence-electron chi connectivity index (χ2n) is 10.1. The van der Waals surface area contributed by atoms with E-state index in [1.807, 2.05) is 37.3 Å². The highest BCUT2D eigenvalue weighted by molar-refractivity contribution is 8.15. The van der Waals surface area contributed by atoms with Gasteiger partial charge in [0.25, 0.3) is 0 Å². The van der Waals surface area contributed by atoms with Crippen molar-refractivity contribution in [1.82, 2.24) is 14.8 Å². The molecule has 0 radical (unpaired) electrons. The van der Waals surface area contributed by atoms with E-state index in [1.165, 1.54) is 51.9 Å². The number of aryl methyl sites for hydroxylation is 4. The molecule has 0 unspecified atom stereocenters. The molecule has 13 heteroatoms. The van der Waals surface area contributed by atoms with Gasteiger partial charge in [-0.1, -0.05) is 49.4 Å². The van der Waals surface area contributed by atoms with Gasteiger partial charge in [-0.25, -0.2) is 14.5 Å². The fourth-order valence-corrected chi connectivity index (χ4v) is 5.49. The number of aromatic nitrogens is 3. The number of carbonyl (C=O) groups is 2. The number of urea groups is 1. The number of hydrogen-bond donors (Lipinski definition) is 1. The number of thioether (sulfide) groups is 1. The molecule has 3 aromatic carbocycles. The van der Waals surface area contributed by atoms with Gasteiger partial charge >= 0.3 is 12.4 Å². The van der Waals surface area contributed by atoms with Crippen molar-refractivity contribution >= 4 is 40.2 Å². The Hall–Kier alpha value is -4.65. The first kappa shape index (κ1) is 30.8. The van der Waals surface area contributed by atoms with Gasteiger partial charge in [0.15, 0.2) is 11.0 Å². The molecule has 0 aliphatic carbocycles. The molecule has 1 fully saturated rings. The Kier molecular flexibility index (Phi) is 9.33. The number of aliphatic imine (C=N–C) groups is 1. The van der Waals surface area contributed by atoms with Crippen molar-refractivity contribution in [2.75, 3.05) is 16.0 Å².